The lowest BCUT2D eigenvalue weighted by Gasteiger charge is -2.04. The van der Waals surface area contributed by atoms with Gasteiger partial charge >= 0.3 is 0 Å². The first kappa shape index (κ1) is 17.9. The average molecular weight is 445 g/mol. The van der Waals surface area contributed by atoms with E-state index in [1.165, 1.54) is 16.9 Å². The Hall–Kier alpha value is -2.52. The lowest BCUT2D eigenvalue weighted by molar-refractivity contribution is 0.102. The number of fused-ring (bicyclic) bond motifs is 1. The number of nitrogens with one attached hydrogen (secondary N) is 1. The molecule has 3 heterocycles. The van der Waals surface area contributed by atoms with Crippen LogP contribution in [0.5, 0.6) is 0 Å². The van der Waals surface area contributed by atoms with Gasteiger partial charge in [0.2, 0.25) is 0 Å². The van der Waals surface area contributed by atoms with E-state index in [0.29, 0.717) is 17.5 Å². The number of carbonyl (C=O) groups excluding carboxylic acids is 1. The largest absolute Gasteiger partial charge is 0.296 e. The fourth-order valence-electron chi connectivity index (χ4n) is 2.76. The predicted octanol–water partition coefficient (Wildman–Crippen LogP) is 4.14. The highest BCUT2D eigenvalue weighted by Crippen LogP contribution is 2.27. The van der Waals surface area contributed by atoms with Crippen molar-refractivity contribution in [2.24, 2.45) is 0 Å². The summed E-state index contributed by atoms with van der Waals surface area (Å²) in [4.78, 5) is 16.9. The molecule has 0 aliphatic rings. The van der Waals surface area contributed by atoms with E-state index in [9.17, 15) is 4.79 Å². The number of nitrogens with zero attached hydrogens (tertiary/aromatic N) is 5. The summed E-state index contributed by atoms with van der Waals surface area (Å²) in [7, 11) is 0. The molecule has 4 aromatic rings. The van der Waals surface area contributed by atoms with Crippen molar-refractivity contribution < 1.29 is 4.79 Å². The van der Waals surface area contributed by atoms with E-state index in [4.69, 9.17) is 0 Å². The Morgan fingerprint density at radius 2 is 2.04 bits per heavy atom. The van der Waals surface area contributed by atoms with Gasteiger partial charge in [0.25, 0.3) is 5.91 Å². The van der Waals surface area contributed by atoms with E-state index in [1.54, 1.807) is 16.9 Å². The molecule has 138 valence electrons. The second kappa shape index (κ2) is 6.90. The van der Waals surface area contributed by atoms with Crippen LogP contribution in [0.25, 0.3) is 10.2 Å². The van der Waals surface area contributed by atoms with Gasteiger partial charge in [-0.2, -0.15) is 10.2 Å². The molecular formula is C18H17BrN6OS. The van der Waals surface area contributed by atoms with E-state index >= 15 is 0 Å². The van der Waals surface area contributed by atoms with Crippen molar-refractivity contribution >= 4 is 48.5 Å². The van der Waals surface area contributed by atoms with Crippen LogP contribution in [-0.2, 0) is 6.67 Å². The van der Waals surface area contributed by atoms with Gasteiger partial charge in [-0.05, 0) is 60.5 Å². The first-order chi connectivity index (χ1) is 12.9. The highest BCUT2D eigenvalue weighted by molar-refractivity contribution is 9.10. The second-order valence-electron chi connectivity index (χ2n) is 6.31. The number of aryl methyl sites for hydroxylation is 2. The third-order valence-electron chi connectivity index (χ3n) is 4.21. The van der Waals surface area contributed by atoms with Crippen molar-refractivity contribution in [1.82, 2.24) is 24.5 Å². The molecule has 4 rings (SSSR count). The van der Waals surface area contributed by atoms with Crippen LogP contribution in [0.15, 0.2) is 34.9 Å². The monoisotopic (exact) mass is 444 g/mol. The zero-order valence-electron chi connectivity index (χ0n) is 15.0. The zero-order valence-corrected chi connectivity index (χ0v) is 17.4. The Morgan fingerprint density at radius 3 is 2.78 bits per heavy atom. The maximum atomic E-state index is 12.5. The molecule has 0 aliphatic heterocycles. The van der Waals surface area contributed by atoms with Crippen LogP contribution in [0.3, 0.4) is 0 Å². The molecule has 0 atom stereocenters. The number of aromatic nitrogens is 5. The maximum absolute atomic E-state index is 12.5. The minimum atomic E-state index is -0.279. The van der Waals surface area contributed by atoms with Crippen molar-refractivity contribution in [1.29, 1.82) is 0 Å². The Kier molecular flexibility index (Phi) is 4.56. The van der Waals surface area contributed by atoms with Crippen molar-refractivity contribution in [2.75, 3.05) is 5.32 Å². The van der Waals surface area contributed by atoms with E-state index in [1.807, 2.05) is 37.6 Å². The molecule has 0 spiro atoms. The molecule has 0 aliphatic carbocycles. The summed E-state index contributed by atoms with van der Waals surface area (Å²) in [6, 6.07) is 7.71. The van der Waals surface area contributed by atoms with E-state index in [2.05, 4.69) is 42.5 Å². The molecular weight excluding hydrogens is 428 g/mol. The average Bonchev–Trinajstić information content (AvgIpc) is 3.30. The molecule has 3 aromatic heterocycles. The highest BCUT2D eigenvalue weighted by Gasteiger charge is 2.14. The van der Waals surface area contributed by atoms with Gasteiger partial charge in [-0.25, -0.2) is 9.67 Å². The SMILES string of the molecule is Cc1ccc2nc(NC(=O)c3ccn(Cn4nc(C)c(Br)c4C)n3)sc2c1. The number of hydrogen-bond acceptors (Lipinski definition) is 5. The molecule has 0 saturated heterocycles. The van der Waals surface area contributed by atoms with Crippen LogP contribution < -0.4 is 5.32 Å². The van der Waals surface area contributed by atoms with Crippen molar-refractivity contribution in [2.45, 2.75) is 27.4 Å². The van der Waals surface area contributed by atoms with Crippen LogP contribution in [0.2, 0.25) is 0 Å². The Labute approximate surface area is 168 Å². The Bertz CT molecular complexity index is 1160. The summed E-state index contributed by atoms with van der Waals surface area (Å²) in [6.45, 7) is 6.39. The number of carbonyl (C=O) groups is 1. The normalized spacial score (nSPS) is 11.3. The number of anilines is 1. The number of halogens is 1. The number of hydrogen-bond donors (Lipinski definition) is 1. The molecule has 1 aromatic carbocycles. The maximum Gasteiger partial charge on any atom is 0.277 e. The van der Waals surface area contributed by atoms with Gasteiger partial charge in [-0.1, -0.05) is 17.4 Å². The molecule has 9 heteroatoms. The van der Waals surface area contributed by atoms with Crippen LogP contribution in [0, 0.1) is 20.8 Å². The molecule has 0 unspecified atom stereocenters. The van der Waals surface area contributed by atoms with Gasteiger partial charge in [-0.3, -0.25) is 14.8 Å². The van der Waals surface area contributed by atoms with Gasteiger partial charge in [0, 0.05) is 6.20 Å². The molecule has 0 fully saturated rings. The number of thiazole rings is 1. The lowest BCUT2D eigenvalue weighted by Crippen LogP contribution is -2.15. The summed E-state index contributed by atoms with van der Waals surface area (Å²) >= 11 is 4.97. The van der Waals surface area contributed by atoms with Gasteiger partial charge in [0.15, 0.2) is 10.8 Å². The van der Waals surface area contributed by atoms with E-state index in [0.717, 1.165) is 26.1 Å². The molecule has 0 saturated carbocycles. The van der Waals surface area contributed by atoms with Crippen molar-refractivity contribution in [3.63, 3.8) is 0 Å². The predicted molar refractivity (Wildman–Crippen MR) is 109 cm³/mol. The van der Waals surface area contributed by atoms with Gasteiger partial charge in [-0.15, -0.1) is 0 Å². The number of amides is 1. The molecule has 0 bridgehead atoms. The quantitative estimate of drug-likeness (QED) is 0.512. The third-order valence-corrected chi connectivity index (χ3v) is 6.29. The molecule has 7 nitrogen and oxygen atoms in total. The number of rotatable bonds is 4. The van der Waals surface area contributed by atoms with E-state index in [-0.39, 0.29) is 5.91 Å². The third kappa shape index (κ3) is 3.52. The van der Waals surface area contributed by atoms with Crippen LogP contribution in [0.1, 0.15) is 27.4 Å². The summed E-state index contributed by atoms with van der Waals surface area (Å²) in [6.07, 6.45) is 1.76. The molecule has 1 amide bonds. The van der Waals surface area contributed by atoms with Gasteiger partial charge in [0.1, 0.15) is 6.67 Å². The minimum absolute atomic E-state index is 0.279. The first-order valence-corrected chi connectivity index (χ1v) is 9.93. The molecule has 0 radical (unpaired) electrons. The Balaban J connectivity index is 1.50. The standard InChI is InChI=1S/C18H17BrN6OS/c1-10-4-5-13-15(8-10)27-18(20-13)21-17(26)14-6-7-24(23-14)9-25-12(3)16(19)11(2)22-25/h4-8H,9H2,1-3H3,(H,20,21,26). The summed E-state index contributed by atoms with van der Waals surface area (Å²) < 4.78 is 5.55. The fraction of sp³-hybridized carbons (Fsp3) is 0.222. The summed E-state index contributed by atoms with van der Waals surface area (Å²) in [5, 5.41) is 12.2. The van der Waals surface area contributed by atoms with Crippen molar-refractivity contribution in [3.8, 4) is 0 Å². The van der Waals surface area contributed by atoms with Gasteiger partial charge in [0.05, 0.1) is 26.1 Å². The highest BCUT2D eigenvalue weighted by atomic mass is 79.9. The fourth-order valence-corrected chi connectivity index (χ4v) is 4.00. The summed E-state index contributed by atoms with van der Waals surface area (Å²) in [5.74, 6) is -0.279. The van der Waals surface area contributed by atoms with Crippen LogP contribution in [-0.4, -0.2) is 30.5 Å². The zero-order chi connectivity index (χ0) is 19.1. The van der Waals surface area contributed by atoms with Crippen LogP contribution >= 0.6 is 27.3 Å². The van der Waals surface area contributed by atoms with Crippen molar-refractivity contribution in [3.05, 3.63) is 57.6 Å². The van der Waals surface area contributed by atoms with Gasteiger partial charge < -0.3 is 0 Å². The van der Waals surface area contributed by atoms with E-state index < -0.39 is 0 Å². The Morgan fingerprint density at radius 1 is 1.22 bits per heavy atom. The minimum Gasteiger partial charge on any atom is -0.296 e. The topological polar surface area (TPSA) is 77.6 Å². The lowest BCUT2D eigenvalue weighted by atomic mass is 10.2. The smallest absolute Gasteiger partial charge is 0.277 e. The molecule has 27 heavy (non-hydrogen) atoms. The number of benzene rings is 1. The molecule has 1 N–H and O–H groups in total. The second-order valence-corrected chi connectivity index (χ2v) is 8.13. The first-order valence-electron chi connectivity index (χ1n) is 8.32. The summed E-state index contributed by atoms with van der Waals surface area (Å²) in [5.41, 5.74) is 4.31. The van der Waals surface area contributed by atoms with Crippen LogP contribution in [0.4, 0.5) is 5.13 Å².